The zero-order valence-corrected chi connectivity index (χ0v) is 19.0. The van der Waals surface area contributed by atoms with E-state index in [0.29, 0.717) is 37.2 Å². The topological polar surface area (TPSA) is 111 Å². The van der Waals surface area contributed by atoms with Crippen LogP contribution in [0.15, 0.2) is 23.1 Å². The Morgan fingerprint density at radius 3 is 2.19 bits per heavy atom. The summed E-state index contributed by atoms with van der Waals surface area (Å²) in [6, 6.07) is 4.47. The summed E-state index contributed by atoms with van der Waals surface area (Å²) >= 11 is 0. The van der Waals surface area contributed by atoms with Crippen molar-refractivity contribution < 1.29 is 32.2 Å². The highest BCUT2D eigenvalue weighted by Crippen LogP contribution is 2.34. The summed E-state index contributed by atoms with van der Waals surface area (Å²) in [5, 5.41) is 2.91. The van der Waals surface area contributed by atoms with Crippen molar-refractivity contribution in [1.29, 1.82) is 0 Å². The van der Waals surface area contributed by atoms with Gasteiger partial charge in [0, 0.05) is 25.1 Å². The molecule has 10 heteroatoms. The quantitative estimate of drug-likeness (QED) is 0.624. The smallest absolute Gasteiger partial charge is 0.331 e. The van der Waals surface area contributed by atoms with Crippen molar-refractivity contribution in [1.82, 2.24) is 9.62 Å². The van der Waals surface area contributed by atoms with E-state index >= 15 is 0 Å². The van der Waals surface area contributed by atoms with E-state index < -0.39 is 21.5 Å². The van der Waals surface area contributed by atoms with Gasteiger partial charge >= 0.3 is 5.97 Å². The molecule has 1 aliphatic carbocycles. The minimum absolute atomic E-state index is 0.114. The standard InChI is InChI=1S/C21H30N2O7S/c1-28-17-7-6-16(14-18(17)29-2)31(26,27)23-12-8-15(9-13-23)19(24)22-21(20(25)30-3)10-4-5-11-21/h6-7,14-15H,4-5,8-13H2,1-3H3,(H,22,24). The number of carbonyl (C=O) groups is 2. The fourth-order valence-electron chi connectivity index (χ4n) is 4.38. The molecule has 9 nitrogen and oxygen atoms in total. The van der Waals surface area contributed by atoms with Crippen LogP contribution >= 0.6 is 0 Å². The van der Waals surface area contributed by atoms with E-state index in [-0.39, 0.29) is 29.8 Å². The Morgan fingerprint density at radius 2 is 1.65 bits per heavy atom. The maximum absolute atomic E-state index is 13.1. The van der Waals surface area contributed by atoms with Crippen LogP contribution in [0, 0.1) is 5.92 Å². The van der Waals surface area contributed by atoms with Crippen LogP contribution in [0.3, 0.4) is 0 Å². The van der Waals surface area contributed by atoms with Gasteiger partial charge in [-0.3, -0.25) is 4.79 Å². The molecule has 1 aromatic rings. The number of rotatable bonds is 7. The molecule has 172 valence electrons. The second-order valence-corrected chi connectivity index (χ2v) is 9.90. The Labute approximate surface area is 183 Å². The third kappa shape index (κ3) is 4.64. The lowest BCUT2D eigenvalue weighted by atomic mass is 9.92. The van der Waals surface area contributed by atoms with Crippen LogP contribution in [0.4, 0.5) is 0 Å². The summed E-state index contributed by atoms with van der Waals surface area (Å²) in [5.74, 6) is -0.188. The lowest BCUT2D eigenvalue weighted by Gasteiger charge is -2.33. The van der Waals surface area contributed by atoms with E-state index in [9.17, 15) is 18.0 Å². The van der Waals surface area contributed by atoms with Crippen molar-refractivity contribution in [3.8, 4) is 11.5 Å². The average molecular weight is 455 g/mol. The molecule has 0 spiro atoms. The van der Waals surface area contributed by atoms with Gasteiger partial charge in [0.25, 0.3) is 0 Å². The third-order valence-electron chi connectivity index (χ3n) is 6.21. The molecule has 1 amide bonds. The first-order chi connectivity index (χ1) is 14.8. The third-order valence-corrected chi connectivity index (χ3v) is 8.11. The number of nitrogens with zero attached hydrogens (tertiary/aromatic N) is 1. The van der Waals surface area contributed by atoms with Gasteiger partial charge in [0.1, 0.15) is 5.54 Å². The minimum atomic E-state index is -3.73. The number of methoxy groups -OCH3 is 3. The number of benzene rings is 1. The van der Waals surface area contributed by atoms with Crippen molar-refractivity contribution in [3.05, 3.63) is 18.2 Å². The molecule has 1 saturated heterocycles. The van der Waals surface area contributed by atoms with Gasteiger partial charge in [0.15, 0.2) is 11.5 Å². The maximum atomic E-state index is 13.1. The number of piperidine rings is 1. The van der Waals surface area contributed by atoms with Crippen LogP contribution in [-0.2, 0) is 24.3 Å². The lowest BCUT2D eigenvalue weighted by molar-refractivity contribution is -0.151. The molecular weight excluding hydrogens is 424 g/mol. The van der Waals surface area contributed by atoms with Crippen LogP contribution in [0.2, 0.25) is 0 Å². The van der Waals surface area contributed by atoms with Gasteiger partial charge in [-0.25, -0.2) is 13.2 Å². The van der Waals surface area contributed by atoms with Gasteiger partial charge in [-0.05, 0) is 37.8 Å². The SMILES string of the molecule is COC(=O)C1(NC(=O)C2CCN(S(=O)(=O)c3ccc(OC)c(OC)c3)CC2)CCCC1. The second kappa shape index (κ2) is 9.44. The fourth-order valence-corrected chi connectivity index (χ4v) is 5.86. The number of hydrogen-bond donors (Lipinski definition) is 1. The summed E-state index contributed by atoms with van der Waals surface area (Å²) in [5.41, 5.74) is -0.950. The Bertz CT molecular complexity index is 918. The summed E-state index contributed by atoms with van der Waals surface area (Å²) in [7, 11) is 0.529. The molecule has 0 unspecified atom stereocenters. The zero-order valence-electron chi connectivity index (χ0n) is 18.2. The number of sulfonamides is 1. The average Bonchev–Trinajstić information content (AvgIpc) is 3.27. The highest BCUT2D eigenvalue weighted by atomic mass is 32.2. The molecule has 0 aromatic heterocycles. The first-order valence-corrected chi connectivity index (χ1v) is 11.8. The van der Waals surface area contributed by atoms with E-state index in [2.05, 4.69) is 5.32 Å². The summed E-state index contributed by atoms with van der Waals surface area (Å²) in [6.45, 7) is 0.444. The number of esters is 1. The number of amides is 1. The highest BCUT2D eigenvalue weighted by Gasteiger charge is 2.45. The monoisotopic (exact) mass is 454 g/mol. The van der Waals surface area contributed by atoms with Crippen molar-refractivity contribution in [2.45, 2.75) is 49.0 Å². The van der Waals surface area contributed by atoms with Gasteiger partial charge in [0.2, 0.25) is 15.9 Å². The van der Waals surface area contributed by atoms with Gasteiger partial charge in [-0.15, -0.1) is 0 Å². The van der Waals surface area contributed by atoms with Crippen molar-refractivity contribution >= 4 is 21.9 Å². The number of hydrogen-bond acceptors (Lipinski definition) is 7. The highest BCUT2D eigenvalue weighted by molar-refractivity contribution is 7.89. The van der Waals surface area contributed by atoms with E-state index in [0.717, 1.165) is 12.8 Å². The molecule has 31 heavy (non-hydrogen) atoms. The Balaban J connectivity index is 1.66. The Kier molecular flexibility index (Phi) is 7.10. The molecule has 1 N–H and O–H groups in total. The molecular formula is C21H30N2O7S. The molecule has 2 aliphatic rings. The van der Waals surface area contributed by atoms with E-state index in [4.69, 9.17) is 14.2 Å². The number of carbonyl (C=O) groups excluding carboxylic acids is 2. The number of ether oxygens (including phenoxy) is 3. The lowest BCUT2D eigenvalue weighted by Crippen LogP contribution is -2.55. The van der Waals surface area contributed by atoms with Crippen LogP contribution in [0.1, 0.15) is 38.5 Å². The normalized spacial score (nSPS) is 19.6. The van der Waals surface area contributed by atoms with Crippen LogP contribution < -0.4 is 14.8 Å². The molecule has 3 rings (SSSR count). The van der Waals surface area contributed by atoms with Crippen LogP contribution in [-0.4, -0.2) is 64.6 Å². The first-order valence-electron chi connectivity index (χ1n) is 10.4. The van der Waals surface area contributed by atoms with E-state index in [1.54, 1.807) is 6.07 Å². The van der Waals surface area contributed by atoms with Crippen molar-refractivity contribution in [2.24, 2.45) is 5.92 Å². The predicted octanol–water partition coefficient (Wildman–Crippen LogP) is 1.71. The molecule has 0 bridgehead atoms. The largest absolute Gasteiger partial charge is 0.493 e. The summed E-state index contributed by atoms with van der Waals surface area (Å²) in [4.78, 5) is 25.2. The summed E-state index contributed by atoms with van der Waals surface area (Å²) < 4.78 is 42.8. The molecule has 0 atom stereocenters. The maximum Gasteiger partial charge on any atom is 0.331 e. The molecule has 1 saturated carbocycles. The molecule has 1 aromatic carbocycles. The zero-order chi connectivity index (χ0) is 22.6. The summed E-state index contributed by atoms with van der Waals surface area (Å²) in [6.07, 6.45) is 3.62. The molecule has 2 fully saturated rings. The van der Waals surface area contributed by atoms with E-state index in [1.807, 2.05) is 0 Å². The number of nitrogens with one attached hydrogen (secondary N) is 1. The van der Waals surface area contributed by atoms with Crippen molar-refractivity contribution in [3.63, 3.8) is 0 Å². The van der Waals surface area contributed by atoms with Crippen LogP contribution in [0.25, 0.3) is 0 Å². The first kappa shape index (κ1) is 23.3. The minimum Gasteiger partial charge on any atom is -0.493 e. The molecule has 1 heterocycles. The van der Waals surface area contributed by atoms with E-state index in [1.165, 1.54) is 37.8 Å². The fraction of sp³-hybridized carbons (Fsp3) is 0.619. The Hall–Kier alpha value is -2.33. The second-order valence-electron chi connectivity index (χ2n) is 7.97. The predicted molar refractivity (Wildman–Crippen MR) is 112 cm³/mol. The van der Waals surface area contributed by atoms with Crippen molar-refractivity contribution in [2.75, 3.05) is 34.4 Å². The van der Waals surface area contributed by atoms with Gasteiger partial charge < -0.3 is 19.5 Å². The van der Waals surface area contributed by atoms with Gasteiger partial charge in [-0.1, -0.05) is 12.8 Å². The molecule has 0 radical (unpaired) electrons. The Morgan fingerprint density at radius 1 is 1.03 bits per heavy atom. The van der Waals surface area contributed by atoms with Gasteiger partial charge in [-0.2, -0.15) is 4.31 Å². The molecule has 1 aliphatic heterocycles. The van der Waals surface area contributed by atoms with Gasteiger partial charge in [0.05, 0.1) is 26.2 Å². The van der Waals surface area contributed by atoms with Crippen LogP contribution in [0.5, 0.6) is 11.5 Å².